The van der Waals surface area contributed by atoms with E-state index in [2.05, 4.69) is 40.2 Å². The van der Waals surface area contributed by atoms with E-state index in [1.165, 1.54) is 43.7 Å². The summed E-state index contributed by atoms with van der Waals surface area (Å²) >= 11 is 0. The van der Waals surface area contributed by atoms with E-state index >= 15 is 0 Å². The van der Waals surface area contributed by atoms with Gasteiger partial charge in [0.25, 0.3) is 0 Å². The van der Waals surface area contributed by atoms with Crippen LogP contribution in [-0.4, -0.2) is 62.2 Å². The van der Waals surface area contributed by atoms with Gasteiger partial charge in [0.1, 0.15) is 5.75 Å². The molecule has 2 heterocycles. The Hall–Kier alpha value is -1.10. The van der Waals surface area contributed by atoms with Gasteiger partial charge in [0.2, 0.25) is 0 Å². The van der Waals surface area contributed by atoms with E-state index < -0.39 is 0 Å². The Kier molecular flexibility index (Phi) is 4.78. The number of hydrogen-bond acceptors (Lipinski definition) is 4. The number of rotatable bonds is 4. The number of likely N-dealkylation sites (tertiary alicyclic amines) is 1. The molecule has 0 radical (unpaired) electrons. The van der Waals surface area contributed by atoms with E-state index in [0.29, 0.717) is 0 Å². The van der Waals surface area contributed by atoms with E-state index in [1.54, 1.807) is 7.11 Å². The van der Waals surface area contributed by atoms with Crippen LogP contribution < -0.4 is 10.1 Å². The molecule has 2 aliphatic rings. The maximum Gasteiger partial charge on any atom is 0.121 e. The summed E-state index contributed by atoms with van der Waals surface area (Å²) < 4.78 is 5.34. The molecule has 4 nitrogen and oxygen atoms in total. The number of piperazine rings is 1. The quantitative estimate of drug-likeness (QED) is 0.909. The molecule has 0 aromatic heterocycles. The summed E-state index contributed by atoms with van der Waals surface area (Å²) in [5, 5.41) is 3.44. The molecule has 2 saturated heterocycles. The van der Waals surface area contributed by atoms with Crippen LogP contribution in [0.25, 0.3) is 0 Å². The predicted octanol–water partition coefficient (Wildman–Crippen LogP) is 1.48. The number of ether oxygens (including phenoxy) is 1. The van der Waals surface area contributed by atoms with Gasteiger partial charge in [0.15, 0.2) is 0 Å². The third-order valence-electron chi connectivity index (χ3n) is 4.78. The molecule has 1 aromatic rings. The zero-order valence-corrected chi connectivity index (χ0v) is 13.3. The summed E-state index contributed by atoms with van der Waals surface area (Å²) in [5.41, 5.74) is 2.63. The van der Waals surface area contributed by atoms with Crippen LogP contribution in [0.5, 0.6) is 5.75 Å². The van der Waals surface area contributed by atoms with Gasteiger partial charge in [-0.05, 0) is 30.5 Å². The van der Waals surface area contributed by atoms with Crippen molar-refractivity contribution < 1.29 is 4.74 Å². The largest absolute Gasteiger partial charge is 0.496 e. The van der Waals surface area contributed by atoms with Gasteiger partial charge in [-0.25, -0.2) is 0 Å². The van der Waals surface area contributed by atoms with Gasteiger partial charge < -0.3 is 10.1 Å². The molecule has 21 heavy (non-hydrogen) atoms. The Labute approximate surface area is 128 Å². The van der Waals surface area contributed by atoms with E-state index in [1.807, 2.05) is 0 Å². The first kappa shape index (κ1) is 14.8. The molecule has 0 saturated carbocycles. The van der Waals surface area contributed by atoms with Crippen LogP contribution in [0.15, 0.2) is 18.2 Å². The number of aryl methyl sites for hydroxylation is 1. The zero-order chi connectivity index (χ0) is 14.7. The zero-order valence-electron chi connectivity index (χ0n) is 13.3. The van der Waals surface area contributed by atoms with Gasteiger partial charge in [-0.1, -0.05) is 12.1 Å². The molecule has 2 aliphatic heterocycles. The second-order valence-corrected chi connectivity index (χ2v) is 6.27. The summed E-state index contributed by atoms with van der Waals surface area (Å²) in [6.45, 7) is 10.3. The van der Waals surface area contributed by atoms with Crippen LogP contribution in [0.1, 0.15) is 17.5 Å². The number of benzene rings is 1. The molecule has 116 valence electrons. The second kappa shape index (κ2) is 6.77. The van der Waals surface area contributed by atoms with Gasteiger partial charge >= 0.3 is 0 Å². The van der Waals surface area contributed by atoms with E-state index in [-0.39, 0.29) is 0 Å². The lowest BCUT2D eigenvalue weighted by Crippen LogP contribution is -2.49. The van der Waals surface area contributed by atoms with Crippen LogP contribution in [0.3, 0.4) is 0 Å². The van der Waals surface area contributed by atoms with Gasteiger partial charge in [-0.15, -0.1) is 0 Å². The van der Waals surface area contributed by atoms with Gasteiger partial charge in [0, 0.05) is 51.9 Å². The van der Waals surface area contributed by atoms with Crippen molar-refractivity contribution in [1.82, 2.24) is 15.1 Å². The Morgan fingerprint density at radius 1 is 1.24 bits per heavy atom. The Bertz CT molecular complexity index is 471. The first-order valence-corrected chi connectivity index (χ1v) is 8.07. The summed E-state index contributed by atoms with van der Waals surface area (Å²) in [6, 6.07) is 7.31. The maximum atomic E-state index is 5.34. The van der Waals surface area contributed by atoms with Crippen molar-refractivity contribution in [2.24, 2.45) is 0 Å². The van der Waals surface area contributed by atoms with Crippen molar-refractivity contribution in [2.75, 3.05) is 46.4 Å². The lowest BCUT2D eigenvalue weighted by molar-refractivity contribution is 0.170. The minimum atomic E-state index is 0.756. The van der Waals surface area contributed by atoms with Crippen molar-refractivity contribution in [2.45, 2.75) is 25.9 Å². The van der Waals surface area contributed by atoms with Crippen LogP contribution in [0, 0.1) is 6.92 Å². The highest BCUT2D eigenvalue weighted by molar-refractivity contribution is 5.36. The highest BCUT2D eigenvalue weighted by Gasteiger charge is 2.28. The normalized spacial score (nSPS) is 24.4. The highest BCUT2D eigenvalue weighted by atomic mass is 16.5. The molecule has 0 amide bonds. The van der Waals surface area contributed by atoms with Crippen LogP contribution in [-0.2, 0) is 6.54 Å². The van der Waals surface area contributed by atoms with Crippen molar-refractivity contribution in [3.05, 3.63) is 29.3 Å². The van der Waals surface area contributed by atoms with Crippen molar-refractivity contribution in [3.8, 4) is 5.75 Å². The standard InChI is InChI=1S/C17H27N3O/c1-14-11-15(3-4-17(14)21-2)12-19-8-5-16(13-19)20-9-6-18-7-10-20/h3-4,11,16,18H,5-10,12-13H2,1-2H3. The molecule has 1 atom stereocenters. The van der Waals surface area contributed by atoms with Gasteiger partial charge in [0.05, 0.1) is 7.11 Å². The fraction of sp³-hybridized carbons (Fsp3) is 0.647. The summed E-state index contributed by atoms with van der Waals surface area (Å²) in [7, 11) is 1.74. The van der Waals surface area contributed by atoms with Crippen LogP contribution >= 0.6 is 0 Å². The third kappa shape index (κ3) is 3.57. The molecule has 3 rings (SSSR count). The second-order valence-electron chi connectivity index (χ2n) is 6.27. The first-order valence-electron chi connectivity index (χ1n) is 8.07. The summed E-state index contributed by atoms with van der Waals surface area (Å²) in [4.78, 5) is 5.25. The van der Waals surface area contributed by atoms with E-state index in [0.717, 1.165) is 31.4 Å². The van der Waals surface area contributed by atoms with Crippen molar-refractivity contribution >= 4 is 0 Å². The maximum absolute atomic E-state index is 5.34. The molecule has 0 spiro atoms. The Balaban J connectivity index is 1.55. The van der Waals surface area contributed by atoms with Gasteiger partial charge in [-0.2, -0.15) is 0 Å². The number of hydrogen-bond donors (Lipinski definition) is 1. The minimum Gasteiger partial charge on any atom is -0.496 e. The Morgan fingerprint density at radius 3 is 2.76 bits per heavy atom. The molecule has 1 unspecified atom stereocenters. The smallest absolute Gasteiger partial charge is 0.121 e. The monoisotopic (exact) mass is 289 g/mol. The highest BCUT2D eigenvalue weighted by Crippen LogP contribution is 2.22. The number of methoxy groups -OCH3 is 1. The molecule has 1 aromatic carbocycles. The van der Waals surface area contributed by atoms with Crippen molar-refractivity contribution in [3.63, 3.8) is 0 Å². The van der Waals surface area contributed by atoms with E-state index in [9.17, 15) is 0 Å². The molecule has 2 fully saturated rings. The predicted molar refractivity (Wildman–Crippen MR) is 85.9 cm³/mol. The molecule has 0 bridgehead atoms. The number of nitrogens with zero attached hydrogens (tertiary/aromatic N) is 2. The van der Waals surface area contributed by atoms with Crippen molar-refractivity contribution in [1.29, 1.82) is 0 Å². The lowest BCUT2D eigenvalue weighted by atomic mass is 10.1. The molecule has 4 heteroatoms. The van der Waals surface area contributed by atoms with Gasteiger partial charge in [-0.3, -0.25) is 9.80 Å². The number of nitrogens with one attached hydrogen (secondary N) is 1. The fourth-order valence-corrected chi connectivity index (χ4v) is 3.60. The molecular weight excluding hydrogens is 262 g/mol. The molecular formula is C17H27N3O. The SMILES string of the molecule is COc1ccc(CN2CCC(N3CCNCC3)C2)cc1C. The fourth-order valence-electron chi connectivity index (χ4n) is 3.60. The first-order chi connectivity index (χ1) is 10.3. The molecule has 0 aliphatic carbocycles. The average molecular weight is 289 g/mol. The molecule has 1 N–H and O–H groups in total. The minimum absolute atomic E-state index is 0.756. The van der Waals surface area contributed by atoms with E-state index in [4.69, 9.17) is 4.74 Å². The van der Waals surface area contributed by atoms with Crippen LogP contribution in [0.2, 0.25) is 0 Å². The summed E-state index contributed by atoms with van der Waals surface area (Å²) in [5.74, 6) is 0.985. The third-order valence-corrected chi connectivity index (χ3v) is 4.78. The summed E-state index contributed by atoms with van der Waals surface area (Å²) in [6.07, 6.45) is 1.31. The van der Waals surface area contributed by atoms with Crippen LogP contribution in [0.4, 0.5) is 0 Å². The lowest BCUT2D eigenvalue weighted by Gasteiger charge is -2.32. The average Bonchev–Trinajstić information content (AvgIpc) is 2.97. The Morgan fingerprint density at radius 2 is 2.05 bits per heavy atom. The topological polar surface area (TPSA) is 27.7 Å².